The molecule has 2 rings (SSSR count). The summed E-state index contributed by atoms with van der Waals surface area (Å²) in [5.41, 5.74) is 2.29. The van der Waals surface area contributed by atoms with Crippen molar-refractivity contribution in [3.8, 4) is 5.75 Å². The molecule has 0 radical (unpaired) electrons. The highest BCUT2D eigenvalue weighted by Gasteiger charge is 2.35. The van der Waals surface area contributed by atoms with Gasteiger partial charge < -0.3 is 15.0 Å². The van der Waals surface area contributed by atoms with Gasteiger partial charge >= 0.3 is 0 Å². The first kappa shape index (κ1) is 24.2. The largest absolute Gasteiger partial charge is 0.497 e. The van der Waals surface area contributed by atoms with Crippen LogP contribution in [-0.4, -0.2) is 36.9 Å². The van der Waals surface area contributed by atoms with Crippen molar-refractivity contribution >= 4 is 11.8 Å². The van der Waals surface area contributed by atoms with E-state index >= 15 is 0 Å². The molecule has 0 saturated heterocycles. The minimum atomic E-state index is -0.759. The van der Waals surface area contributed by atoms with Crippen LogP contribution in [0.1, 0.15) is 43.9 Å². The molecule has 1 unspecified atom stereocenters. The molecule has 2 aromatic rings. The average Bonchev–Trinajstić information content (AvgIpc) is 2.78. The Bertz CT molecular complexity index is 908. The van der Waals surface area contributed by atoms with Crippen LogP contribution in [0.3, 0.4) is 0 Å². The van der Waals surface area contributed by atoms with Crippen LogP contribution < -0.4 is 10.1 Å². The Balaban J connectivity index is 2.20. The molecule has 166 valence electrons. The summed E-state index contributed by atoms with van der Waals surface area (Å²) in [7, 11) is 1.64. The lowest BCUT2D eigenvalue weighted by molar-refractivity contribution is -0.129. The Morgan fingerprint density at radius 3 is 2.45 bits per heavy atom. The van der Waals surface area contributed by atoms with E-state index in [1.54, 1.807) is 24.2 Å². The molecule has 0 aromatic heterocycles. The summed E-state index contributed by atoms with van der Waals surface area (Å²) in [5.74, 6) is 0.713. The highest BCUT2D eigenvalue weighted by molar-refractivity contribution is 5.89. The second-order valence-corrected chi connectivity index (χ2v) is 7.84. The van der Waals surface area contributed by atoms with Gasteiger partial charge in [-0.25, -0.2) is 0 Å². The van der Waals surface area contributed by atoms with Gasteiger partial charge in [-0.15, -0.1) is 0 Å². The Labute approximate surface area is 186 Å². The number of nitrogens with one attached hydrogen (secondary N) is 1. The van der Waals surface area contributed by atoms with Gasteiger partial charge in [-0.05, 0) is 69.0 Å². The predicted molar refractivity (Wildman–Crippen MR) is 125 cm³/mol. The van der Waals surface area contributed by atoms with Gasteiger partial charge in [-0.1, -0.05) is 42.5 Å². The molecule has 2 amide bonds. The minimum Gasteiger partial charge on any atom is -0.497 e. The van der Waals surface area contributed by atoms with Crippen molar-refractivity contribution < 1.29 is 14.3 Å². The van der Waals surface area contributed by atoms with Crippen LogP contribution in [0.5, 0.6) is 5.75 Å². The SMILES string of the molecule is C/C=C/C(=O)N(CC)CCC(C)(C(=O)NCc1ccc(OC)cc1C)c1ccccc1. The fourth-order valence-electron chi connectivity index (χ4n) is 3.59. The zero-order chi connectivity index (χ0) is 22.9. The van der Waals surface area contributed by atoms with Crippen LogP contribution in [0.4, 0.5) is 0 Å². The number of carbonyl (C=O) groups is 2. The second-order valence-electron chi connectivity index (χ2n) is 7.84. The van der Waals surface area contributed by atoms with Crippen LogP contribution in [-0.2, 0) is 21.5 Å². The van der Waals surface area contributed by atoms with Crippen LogP contribution in [0.25, 0.3) is 0 Å². The number of aryl methyl sites for hydroxylation is 1. The molecular weight excluding hydrogens is 388 g/mol. The highest BCUT2D eigenvalue weighted by atomic mass is 16.5. The summed E-state index contributed by atoms with van der Waals surface area (Å²) in [5, 5.41) is 3.12. The van der Waals surface area contributed by atoms with Crippen LogP contribution >= 0.6 is 0 Å². The maximum Gasteiger partial charge on any atom is 0.246 e. The fourth-order valence-corrected chi connectivity index (χ4v) is 3.59. The zero-order valence-corrected chi connectivity index (χ0v) is 19.3. The van der Waals surface area contributed by atoms with Gasteiger partial charge in [0.2, 0.25) is 11.8 Å². The van der Waals surface area contributed by atoms with E-state index in [-0.39, 0.29) is 11.8 Å². The molecule has 0 heterocycles. The van der Waals surface area contributed by atoms with E-state index in [2.05, 4.69) is 5.32 Å². The van der Waals surface area contributed by atoms with Crippen molar-refractivity contribution in [3.05, 3.63) is 77.4 Å². The summed E-state index contributed by atoms with van der Waals surface area (Å²) >= 11 is 0. The summed E-state index contributed by atoms with van der Waals surface area (Å²) < 4.78 is 5.26. The highest BCUT2D eigenvalue weighted by Crippen LogP contribution is 2.29. The van der Waals surface area contributed by atoms with E-state index in [0.29, 0.717) is 26.1 Å². The molecule has 0 spiro atoms. The molecule has 1 N–H and O–H groups in total. The molecule has 5 heteroatoms. The number of amides is 2. The van der Waals surface area contributed by atoms with E-state index in [1.165, 1.54) is 0 Å². The first-order valence-corrected chi connectivity index (χ1v) is 10.7. The molecule has 0 fully saturated rings. The number of allylic oxidation sites excluding steroid dienone is 1. The number of hydrogen-bond acceptors (Lipinski definition) is 3. The smallest absolute Gasteiger partial charge is 0.246 e. The normalized spacial score (nSPS) is 12.9. The van der Waals surface area contributed by atoms with E-state index in [0.717, 1.165) is 22.4 Å². The number of likely N-dealkylation sites (N-methyl/N-ethyl adjacent to an activating group) is 1. The van der Waals surface area contributed by atoms with E-state index in [9.17, 15) is 9.59 Å². The maximum atomic E-state index is 13.4. The lowest BCUT2D eigenvalue weighted by Crippen LogP contribution is -2.45. The summed E-state index contributed by atoms with van der Waals surface area (Å²) in [6, 6.07) is 15.6. The van der Waals surface area contributed by atoms with Crippen LogP contribution in [0, 0.1) is 6.92 Å². The molecule has 1 atom stereocenters. The first-order chi connectivity index (χ1) is 14.8. The van der Waals surface area contributed by atoms with E-state index in [4.69, 9.17) is 4.74 Å². The van der Waals surface area contributed by atoms with Crippen molar-refractivity contribution in [2.24, 2.45) is 0 Å². The molecule has 0 aliphatic carbocycles. The number of benzene rings is 2. The van der Waals surface area contributed by atoms with Crippen molar-refractivity contribution in [1.82, 2.24) is 10.2 Å². The maximum absolute atomic E-state index is 13.4. The average molecular weight is 423 g/mol. The molecule has 5 nitrogen and oxygen atoms in total. The Hall–Kier alpha value is -3.08. The molecule has 2 aromatic carbocycles. The number of hydrogen-bond donors (Lipinski definition) is 1. The van der Waals surface area contributed by atoms with Crippen molar-refractivity contribution in [2.75, 3.05) is 20.2 Å². The van der Waals surface area contributed by atoms with Crippen molar-refractivity contribution in [1.29, 1.82) is 0 Å². The number of ether oxygens (including phenoxy) is 1. The van der Waals surface area contributed by atoms with Crippen LogP contribution in [0.2, 0.25) is 0 Å². The molecular formula is C26H34N2O3. The molecule has 0 bridgehead atoms. The third-order valence-electron chi connectivity index (χ3n) is 5.79. The van der Waals surface area contributed by atoms with Gasteiger partial charge in [0.1, 0.15) is 5.75 Å². The minimum absolute atomic E-state index is 0.0327. The summed E-state index contributed by atoms with van der Waals surface area (Å²) in [6.07, 6.45) is 3.84. The number of carbonyl (C=O) groups excluding carboxylic acids is 2. The van der Waals surface area contributed by atoms with E-state index < -0.39 is 5.41 Å². The molecule has 0 aliphatic heterocycles. The first-order valence-electron chi connectivity index (χ1n) is 10.7. The van der Waals surface area contributed by atoms with E-state index in [1.807, 2.05) is 76.2 Å². The van der Waals surface area contributed by atoms with Gasteiger partial charge in [0, 0.05) is 19.6 Å². The zero-order valence-electron chi connectivity index (χ0n) is 19.3. The summed E-state index contributed by atoms with van der Waals surface area (Å²) in [6.45, 7) is 9.27. The third kappa shape index (κ3) is 6.20. The monoisotopic (exact) mass is 422 g/mol. The number of nitrogens with zero attached hydrogens (tertiary/aromatic N) is 1. The fraction of sp³-hybridized carbons (Fsp3) is 0.385. The van der Waals surface area contributed by atoms with Gasteiger partial charge in [0.05, 0.1) is 12.5 Å². The Kier molecular flexibility index (Phi) is 8.86. The second kappa shape index (κ2) is 11.3. The lowest BCUT2D eigenvalue weighted by atomic mass is 9.78. The third-order valence-corrected chi connectivity index (χ3v) is 5.79. The van der Waals surface area contributed by atoms with Crippen molar-refractivity contribution in [2.45, 2.75) is 46.1 Å². The molecule has 0 aliphatic rings. The van der Waals surface area contributed by atoms with Crippen LogP contribution in [0.15, 0.2) is 60.7 Å². The standard InChI is InChI=1S/C26H34N2O3/c1-6-11-24(29)28(7-2)17-16-26(4,22-12-9-8-10-13-22)25(30)27-19-21-14-15-23(31-5)18-20(21)3/h6,8-15,18H,7,16-17,19H2,1-5H3,(H,27,30)/b11-6+. The predicted octanol–water partition coefficient (Wildman–Crippen LogP) is 4.39. The Morgan fingerprint density at radius 2 is 1.87 bits per heavy atom. The Morgan fingerprint density at radius 1 is 1.16 bits per heavy atom. The van der Waals surface area contributed by atoms with Gasteiger partial charge in [-0.3, -0.25) is 9.59 Å². The quantitative estimate of drug-likeness (QED) is 0.578. The number of rotatable bonds is 10. The van der Waals surface area contributed by atoms with Gasteiger partial charge in [-0.2, -0.15) is 0 Å². The van der Waals surface area contributed by atoms with Gasteiger partial charge in [0.15, 0.2) is 0 Å². The lowest BCUT2D eigenvalue weighted by Gasteiger charge is -2.31. The topological polar surface area (TPSA) is 58.6 Å². The molecule has 31 heavy (non-hydrogen) atoms. The van der Waals surface area contributed by atoms with Crippen molar-refractivity contribution in [3.63, 3.8) is 0 Å². The van der Waals surface area contributed by atoms with Gasteiger partial charge in [0.25, 0.3) is 0 Å². The molecule has 0 saturated carbocycles. The number of methoxy groups -OCH3 is 1. The summed E-state index contributed by atoms with van der Waals surface area (Å²) in [4.78, 5) is 27.5.